The maximum Gasteiger partial charge on any atom is 0.346 e. The maximum absolute atomic E-state index is 13.1. The monoisotopic (exact) mass is 482 g/mol. The van der Waals surface area contributed by atoms with E-state index in [1.807, 2.05) is 0 Å². The standard InChI is InChI=1S/C19H23N4O7PS/c1-20(2)32(27,28)17-6-4-16(5-7-17)30-19-13-15(3-8-18(19)23(24)25)14-29-31(26,21-9-10-21)22-11-12-22/h3-8,13H,9-12,14H2,1-2H3. The zero-order chi connectivity index (χ0) is 23.1. The molecule has 0 amide bonds. The Morgan fingerprint density at radius 2 is 1.66 bits per heavy atom. The number of ether oxygens (including phenoxy) is 1. The summed E-state index contributed by atoms with van der Waals surface area (Å²) in [5, 5.41) is 11.4. The molecule has 0 unspecified atom stereocenters. The van der Waals surface area contributed by atoms with Crippen molar-refractivity contribution in [3.63, 3.8) is 0 Å². The molecular formula is C19H23N4O7PS. The lowest BCUT2D eigenvalue weighted by atomic mass is 10.2. The first-order valence-electron chi connectivity index (χ1n) is 9.84. The van der Waals surface area contributed by atoms with Crippen LogP contribution in [0, 0.1) is 10.1 Å². The first kappa shape index (κ1) is 22.8. The topological polar surface area (TPSA) is 122 Å². The molecule has 2 aromatic rings. The number of nitro groups is 1. The summed E-state index contributed by atoms with van der Waals surface area (Å²) in [5.41, 5.74) is 0.320. The molecule has 0 N–H and O–H groups in total. The molecule has 11 nitrogen and oxygen atoms in total. The largest absolute Gasteiger partial charge is 0.450 e. The number of hydrogen-bond acceptors (Lipinski definition) is 7. The van der Waals surface area contributed by atoms with E-state index in [4.69, 9.17) is 9.26 Å². The van der Waals surface area contributed by atoms with E-state index in [0.717, 1.165) is 30.5 Å². The van der Waals surface area contributed by atoms with Crippen molar-refractivity contribution in [2.75, 3.05) is 40.3 Å². The van der Waals surface area contributed by atoms with E-state index in [2.05, 4.69) is 0 Å². The number of nitro benzene ring substituents is 1. The third-order valence-electron chi connectivity index (χ3n) is 5.01. The normalized spacial score (nSPS) is 16.8. The van der Waals surface area contributed by atoms with Crippen LogP contribution in [-0.4, -0.2) is 67.3 Å². The number of benzene rings is 2. The molecule has 2 aliphatic heterocycles. The van der Waals surface area contributed by atoms with Crippen LogP contribution in [0.3, 0.4) is 0 Å². The Balaban J connectivity index is 1.53. The van der Waals surface area contributed by atoms with Crippen molar-refractivity contribution in [1.82, 2.24) is 13.6 Å². The van der Waals surface area contributed by atoms with Crippen LogP contribution in [0.25, 0.3) is 0 Å². The fourth-order valence-electron chi connectivity index (χ4n) is 2.99. The molecule has 2 aliphatic rings. The third-order valence-corrected chi connectivity index (χ3v) is 9.54. The smallest absolute Gasteiger partial charge is 0.346 e. The minimum Gasteiger partial charge on any atom is -0.450 e. The number of sulfonamides is 1. The van der Waals surface area contributed by atoms with E-state index < -0.39 is 22.6 Å². The average Bonchev–Trinajstić information content (AvgIpc) is 3.64. The van der Waals surface area contributed by atoms with Crippen molar-refractivity contribution >= 4 is 23.4 Å². The molecule has 172 valence electrons. The Morgan fingerprint density at radius 1 is 1.06 bits per heavy atom. The lowest BCUT2D eigenvalue weighted by molar-refractivity contribution is -0.385. The van der Waals surface area contributed by atoms with Gasteiger partial charge in [0, 0.05) is 46.3 Å². The van der Waals surface area contributed by atoms with Crippen LogP contribution in [0.15, 0.2) is 47.4 Å². The van der Waals surface area contributed by atoms with Gasteiger partial charge in [0.1, 0.15) is 5.75 Å². The predicted octanol–water partition coefficient (Wildman–Crippen LogP) is 2.89. The summed E-state index contributed by atoms with van der Waals surface area (Å²) in [6.45, 7) is 2.91. The summed E-state index contributed by atoms with van der Waals surface area (Å²) < 4.78 is 53.6. The van der Waals surface area contributed by atoms with Crippen LogP contribution < -0.4 is 4.74 Å². The van der Waals surface area contributed by atoms with Gasteiger partial charge in [0.05, 0.1) is 16.4 Å². The molecule has 13 heteroatoms. The van der Waals surface area contributed by atoms with Gasteiger partial charge in [-0.15, -0.1) is 0 Å². The fourth-order valence-corrected chi connectivity index (χ4v) is 6.09. The molecule has 0 atom stereocenters. The van der Waals surface area contributed by atoms with Gasteiger partial charge in [-0.1, -0.05) is 0 Å². The van der Waals surface area contributed by atoms with E-state index in [1.165, 1.54) is 56.6 Å². The maximum atomic E-state index is 13.1. The molecule has 2 heterocycles. The van der Waals surface area contributed by atoms with Crippen LogP contribution in [0.4, 0.5) is 5.69 Å². The van der Waals surface area contributed by atoms with Crippen molar-refractivity contribution in [3.05, 3.63) is 58.1 Å². The van der Waals surface area contributed by atoms with E-state index in [9.17, 15) is 23.1 Å². The summed E-state index contributed by atoms with van der Waals surface area (Å²) in [4.78, 5) is 11.0. The molecule has 0 saturated carbocycles. The summed E-state index contributed by atoms with van der Waals surface area (Å²) in [7, 11) is -3.77. The highest BCUT2D eigenvalue weighted by Gasteiger charge is 2.49. The number of nitrogens with zero attached hydrogens (tertiary/aromatic N) is 4. The van der Waals surface area contributed by atoms with Crippen LogP contribution >= 0.6 is 7.67 Å². The third kappa shape index (κ3) is 4.70. The van der Waals surface area contributed by atoms with Gasteiger partial charge in [-0.2, -0.15) is 0 Å². The fraction of sp³-hybridized carbons (Fsp3) is 0.368. The molecule has 0 aromatic heterocycles. The van der Waals surface area contributed by atoms with Gasteiger partial charge in [0.25, 0.3) is 0 Å². The first-order valence-corrected chi connectivity index (χ1v) is 12.8. The van der Waals surface area contributed by atoms with Gasteiger partial charge >= 0.3 is 13.4 Å². The van der Waals surface area contributed by atoms with Crippen LogP contribution in [0.1, 0.15) is 5.56 Å². The Kier molecular flexibility index (Phi) is 6.10. The van der Waals surface area contributed by atoms with E-state index >= 15 is 0 Å². The molecule has 0 radical (unpaired) electrons. The highest BCUT2D eigenvalue weighted by Crippen LogP contribution is 2.61. The minimum absolute atomic E-state index is 0.0125. The highest BCUT2D eigenvalue weighted by molar-refractivity contribution is 7.89. The molecule has 0 spiro atoms. The molecular weight excluding hydrogens is 459 g/mol. The summed E-state index contributed by atoms with van der Waals surface area (Å²) in [6, 6.07) is 9.90. The number of hydrogen-bond donors (Lipinski definition) is 0. The molecule has 0 aliphatic carbocycles. The first-order chi connectivity index (χ1) is 15.1. The second-order valence-electron chi connectivity index (χ2n) is 7.59. The Bertz CT molecular complexity index is 1160. The van der Waals surface area contributed by atoms with Crippen molar-refractivity contribution in [3.8, 4) is 11.5 Å². The summed E-state index contributed by atoms with van der Waals surface area (Å²) in [6.07, 6.45) is 0. The molecule has 2 fully saturated rings. The SMILES string of the molecule is CN(C)S(=O)(=O)c1ccc(Oc2cc(COP(=O)(N3CC3)N3CC3)ccc2[N+](=O)[O-])cc1. The second kappa shape index (κ2) is 8.54. The molecule has 32 heavy (non-hydrogen) atoms. The van der Waals surface area contributed by atoms with Crippen molar-refractivity contribution in [2.24, 2.45) is 0 Å². The minimum atomic E-state index is -3.60. The molecule has 2 saturated heterocycles. The lowest BCUT2D eigenvalue weighted by Crippen LogP contribution is -2.22. The van der Waals surface area contributed by atoms with Gasteiger partial charge in [0.15, 0.2) is 0 Å². The van der Waals surface area contributed by atoms with E-state index in [1.54, 1.807) is 9.34 Å². The van der Waals surface area contributed by atoms with E-state index in [0.29, 0.717) is 5.56 Å². The van der Waals surface area contributed by atoms with Gasteiger partial charge in [-0.3, -0.25) is 14.7 Å². The van der Waals surface area contributed by atoms with Gasteiger partial charge < -0.3 is 9.26 Å². The zero-order valence-electron chi connectivity index (χ0n) is 17.6. The van der Waals surface area contributed by atoms with Crippen LogP contribution in [0.2, 0.25) is 0 Å². The zero-order valence-corrected chi connectivity index (χ0v) is 19.3. The Hall–Kier alpha value is -2.34. The van der Waals surface area contributed by atoms with Crippen molar-refractivity contribution in [2.45, 2.75) is 11.5 Å². The van der Waals surface area contributed by atoms with Crippen molar-refractivity contribution < 1.29 is 27.2 Å². The Labute approximate surface area is 185 Å². The molecule has 0 bridgehead atoms. The Morgan fingerprint density at radius 3 is 2.16 bits per heavy atom. The van der Waals surface area contributed by atoms with E-state index in [-0.39, 0.29) is 28.7 Å². The lowest BCUT2D eigenvalue weighted by Gasteiger charge is -2.19. The second-order valence-corrected chi connectivity index (χ2v) is 12.1. The van der Waals surface area contributed by atoms with Gasteiger partial charge in [-0.05, 0) is 42.0 Å². The summed E-state index contributed by atoms with van der Waals surface area (Å²) in [5.74, 6) is 0.218. The summed E-state index contributed by atoms with van der Waals surface area (Å²) >= 11 is 0. The number of rotatable bonds is 10. The van der Waals surface area contributed by atoms with Crippen molar-refractivity contribution in [1.29, 1.82) is 0 Å². The molecule has 4 rings (SSSR count). The van der Waals surface area contributed by atoms with Gasteiger partial charge in [0.2, 0.25) is 15.8 Å². The highest BCUT2D eigenvalue weighted by atomic mass is 32.2. The quantitative estimate of drug-likeness (QED) is 0.218. The van der Waals surface area contributed by atoms with Gasteiger partial charge in [-0.25, -0.2) is 22.1 Å². The predicted molar refractivity (Wildman–Crippen MR) is 116 cm³/mol. The van der Waals surface area contributed by atoms with Crippen LogP contribution in [-0.2, 0) is 25.7 Å². The molecule has 2 aromatic carbocycles. The van der Waals surface area contributed by atoms with Crippen LogP contribution in [0.5, 0.6) is 11.5 Å². The average molecular weight is 482 g/mol.